The molecule has 2 unspecified atom stereocenters. The van der Waals surface area contributed by atoms with Gasteiger partial charge in [0.05, 0.1) is 19.9 Å². The van der Waals surface area contributed by atoms with E-state index in [-0.39, 0.29) is 24.6 Å². The predicted molar refractivity (Wildman–Crippen MR) is 139 cm³/mol. The van der Waals surface area contributed by atoms with Gasteiger partial charge in [-0.05, 0) is 41.7 Å². The van der Waals surface area contributed by atoms with Crippen molar-refractivity contribution >= 4 is 11.9 Å². The average Bonchev–Trinajstić information content (AvgIpc) is 3.39. The number of ether oxygens (including phenoxy) is 2. The number of hydrogen-bond donors (Lipinski definition) is 1. The van der Waals surface area contributed by atoms with Gasteiger partial charge in [0.2, 0.25) is 0 Å². The summed E-state index contributed by atoms with van der Waals surface area (Å²) in [6.07, 6.45) is 3.20. The summed E-state index contributed by atoms with van der Waals surface area (Å²) in [6.45, 7) is 2.34. The van der Waals surface area contributed by atoms with E-state index in [1.54, 1.807) is 0 Å². The van der Waals surface area contributed by atoms with Crippen LogP contribution in [0.3, 0.4) is 0 Å². The molecule has 0 saturated carbocycles. The summed E-state index contributed by atoms with van der Waals surface area (Å²) in [5, 5.41) is 3.08. The van der Waals surface area contributed by atoms with Gasteiger partial charge in [-0.3, -0.25) is 9.69 Å². The molecule has 2 atom stereocenters. The van der Waals surface area contributed by atoms with Gasteiger partial charge in [-0.15, -0.1) is 0 Å². The topological polar surface area (TPSA) is 71.1 Å². The number of benzene rings is 3. The van der Waals surface area contributed by atoms with Crippen molar-refractivity contribution in [1.29, 1.82) is 0 Å². The van der Waals surface area contributed by atoms with Crippen molar-refractivity contribution in [3.05, 3.63) is 95.6 Å². The Morgan fingerprint density at radius 3 is 2.38 bits per heavy atom. The highest BCUT2D eigenvalue weighted by Gasteiger charge is 2.53. The lowest BCUT2D eigenvalue weighted by Gasteiger charge is -2.30. The van der Waals surface area contributed by atoms with Crippen LogP contribution in [0.15, 0.2) is 78.9 Å². The maximum absolute atomic E-state index is 14.1. The van der Waals surface area contributed by atoms with Crippen LogP contribution in [0.5, 0.6) is 11.5 Å². The number of amides is 3. The van der Waals surface area contributed by atoms with Gasteiger partial charge in [0.15, 0.2) is 17.0 Å². The summed E-state index contributed by atoms with van der Waals surface area (Å²) in [5.41, 5.74) is 1.77. The van der Waals surface area contributed by atoms with Crippen molar-refractivity contribution in [2.75, 3.05) is 26.4 Å². The molecule has 190 valence electrons. The molecular weight excluding hydrogens is 466 g/mol. The molecule has 3 amide bonds. The van der Waals surface area contributed by atoms with Gasteiger partial charge in [-0.1, -0.05) is 66.7 Å². The number of nitrogens with one attached hydrogen (secondary N) is 1. The molecule has 0 bridgehead atoms. The van der Waals surface area contributed by atoms with Crippen LogP contribution >= 0.6 is 0 Å². The second-order valence-corrected chi connectivity index (χ2v) is 9.97. The summed E-state index contributed by atoms with van der Waals surface area (Å²) in [5.74, 6) is 1.33. The number of carbonyl (C=O) groups excluding carboxylic acids is 2. The largest absolute Gasteiger partial charge is 0.490 e. The van der Waals surface area contributed by atoms with Crippen LogP contribution < -0.4 is 14.8 Å². The van der Waals surface area contributed by atoms with Crippen molar-refractivity contribution in [1.82, 2.24) is 15.1 Å². The Labute approximate surface area is 217 Å². The summed E-state index contributed by atoms with van der Waals surface area (Å²) < 4.78 is 11.7. The molecular formula is C30H31N3O4. The molecule has 2 saturated heterocycles. The molecule has 1 N–H and O–H groups in total. The van der Waals surface area contributed by atoms with Gasteiger partial charge in [0.1, 0.15) is 0 Å². The molecule has 7 heteroatoms. The molecule has 7 nitrogen and oxygen atoms in total. The Kier molecular flexibility index (Phi) is 6.30. The Bertz CT molecular complexity index is 1280. The van der Waals surface area contributed by atoms with Gasteiger partial charge < -0.3 is 14.8 Å². The van der Waals surface area contributed by atoms with E-state index < -0.39 is 5.54 Å². The van der Waals surface area contributed by atoms with E-state index in [0.717, 1.165) is 54.0 Å². The smallest absolute Gasteiger partial charge is 0.326 e. The lowest BCUT2D eigenvalue weighted by Crippen LogP contribution is -2.47. The first-order valence-corrected chi connectivity index (χ1v) is 13.0. The van der Waals surface area contributed by atoms with Crippen molar-refractivity contribution in [2.45, 2.75) is 37.3 Å². The molecule has 3 heterocycles. The first-order valence-electron chi connectivity index (χ1n) is 13.0. The Hall–Kier alpha value is -3.84. The fourth-order valence-electron chi connectivity index (χ4n) is 5.74. The summed E-state index contributed by atoms with van der Waals surface area (Å²) in [4.78, 5) is 31.0. The standard InChI is InChI=1S/C30H31N3O4/c34-28-30(24-11-5-2-6-12-24,20-22-9-3-1-4-10-22)31-29(35)33(28)21-32-16-7-13-25(32)23-14-15-26-27(19-23)37-18-8-17-36-26/h1-6,9-12,14-15,19,25H,7-8,13,16-18,20-21H2,(H,31,35). The number of likely N-dealkylation sites (tertiary alicyclic amines) is 1. The number of rotatable bonds is 6. The fourth-order valence-corrected chi connectivity index (χ4v) is 5.74. The van der Waals surface area contributed by atoms with Gasteiger partial charge in [-0.25, -0.2) is 9.69 Å². The number of fused-ring (bicyclic) bond motifs is 1. The van der Waals surface area contributed by atoms with Crippen LogP contribution in [0.4, 0.5) is 4.79 Å². The zero-order chi connectivity index (χ0) is 25.2. The van der Waals surface area contributed by atoms with E-state index >= 15 is 0 Å². The van der Waals surface area contributed by atoms with Crippen molar-refractivity contribution in [3.63, 3.8) is 0 Å². The molecule has 0 aromatic heterocycles. The molecule has 3 aromatic carbocycles. The van der Waals surface area contributed by atoms with E-state index in [1.807, 2.05) is 66.7 Å². The highest BCUT2D eigenvalue weighted by atomic mass is 16.5. The summed E-state index contributed by atoms with van der Waals surface area (Å²) in [7, 11) is 0. The van der Waals surface area contributed by atoms with Crippen molar-refractivity contribution in [2.24, 2.45) is 0 Å². The highest BCUT2D eigenvalue weighted by molar-refractivity contribution is 6.07. The second kappa shape index (κ2) is 9.90. The van der Waals surface area contributed by atoms with Crippen LogP contribution in [0, 0.1) is 0 Å². The van der Waals surface area contributed by atoms with Crippen molar-refractivity contribution < 1.29 is 19.1 Å². The van der Waals surface area contributed by atoms with Gasteiger partial charge >= 0.3 is 6.03 Å². The second-order valence-electron chi connectivity index (χ2n) is 9.97. The number of carbonyl (C=O) groups is 2. The first-order chi connectivity index (χ1) is 18.1. The number of hydrogen-bond acceptors (Lipinski definition) is 5. The third kappa shape index (κ3) is 4.44. The lowest BCUT2D eigenvalue weighted by atomic mass is 9.83. The molecule has 3 aliphatic rings. The predicted octanol–water partition coefficient (Wildman–Crippen LogP) is 4.63. The third-order valence-electron chi connectivity index (χ3n) is 7.60. The zero-order valence-electron chi connectivity index (χ0n) is 20.8. The van der Waals surface area contributed by atoms with Gasteiger partial charge in [0.25, 0.3) is 5.91 Å². The van der Waals surface area contributed by atoms with E-state index in [9.17, 15) is 9.59 Å². The minimum absolute atomic E-state index is 0.0959. The van der Waals surface area contributed by atoms with Crippen molar-refractivity contribution in [3.8, 4) is 11.5 Å². The quantitative estimate of drug-likeness (QED) is 0.503. The van der Waals surface area contributed by atoms with Crippen LogP contribution in [0.2, 0.25) is 0 Å². The fraction of sp³-hybridized carbons (Fsp3) is 0.333. The minimum atomic E-state index is -1.13. The minimum Gasteiger partial charge on any atom is -0.490 e. The number of urea groups is 1. The van der Waals surface area contributed by atoms with E-state index in [2.05, 4.69) is 22.3 Å². The number of imide groups is 1. The highest BCUT2D eigenvalue weighted by Crippen LogP contribution is 2.39. The van der Waals surface area contributed by atoms with Crippen LogP contribution in [0.25, 0.3) is 0 Å². The van der Waals surface area contributed by atoms with Crippen LogP contribution in [-0.4, -0.2) is 48.2 Å². The normalized spacial score (nSPS) is 23.7. The first kappa shape index (κ1) is 23.6. The molecule has 37 heavy (non-hydrogen) atoms. The van der Waals surface area contributed by atoms with E-state index in [1.165, 1.54) is 4.90 Å². The SMILES string of the molecule is O=C1NC(Cc2ccccc2)(c2ccccc2)C(=O)N1CN1CCCC1c1ccc2c(c1)OCCCO2. The monoisotopic (exact) mass is 497 g/mol. The molecule has 0 radical (unpaired) electrons. The third-order valence-corrected chi connectivity index (χ3v) is 7.60. The Morgan fingerprint density at radius 2 is 1.59 bits per heavy atom. The summed E-state index contributed by atoms with van der Waals surface area (Å²) in [6, 6.07) is 25.3. The average molecular weight is 498 g/mol. The maximum atomic E-state index is 14.1. The van der Waals surface area contributed by atoms with Gasteiger partial charge in [0, 0.05) is 25.4 Å². The van der Waals surface area contributed by atoms with Crippen LogP contribution in [-0.2, 0) is 16.8 Å². The molecule has 2 fully saturated rings. The molecule has 3 aliphatic heterocycles. The van der Waals surface area contributed by atoms with Crippen LogP contribution in [0.1, 0.15) is 42.0 Å². The molecule has 0 aliphatic carbocycles. The van der Waals surface area contributed by atoms with Gasteiger partial charge in [-0.2, -0.15) is 0 Å². The van der Waals surface area contributed by atoms with E-state index in [0.29, 0.717) is 19.6 Å². The molecule has 3 aromatic rings. The molecule has 0 spiro atoms. The maximum Gasteiger partial charge on any atom is 0.326 e. The number of nitrogens with zero attached hydrogens (tertiary/aromatic N) is 2. The molecule has 6 rings (SSSR count). The summed E-state index contributed by atoms with van der Waals surface area (Å²) >= 11 is 0. The van der Waals surface area contributed by atoms with E-state index in [4.69, 9.17) is 9.47 Å². The zero-order valence-corrected chi connectivity index (χ0v) is 20.8. The lowest BCUT2D eigenvalue weighted by molar-refractivity contribution is -0.133. The Morgan fingerprint density at radius 1 is 0.865 bits per heavy atom. The Balaban J connectivity index is 1.27.